The Labute approximate surface area is 177 Å². The van der Waals surface area contributed by atoms with Crippen molar-refractivity contribution in [2.45, 2.75) is 32.1 Å². The molecule has 2 aromatic heterocycles. The number of nitrogens with one attached hydrogen (secondary N) is 1. The van der Waals surface area contributed by atoms with Crippen molar-refractivity contribution in [1.82, 2.24) is 9.97 Å². The van der Waals surface area contributed by atoms with Gasteiger partial charge in [0.2, 0.25) is 0 Å². The molecule has 31 heavy (non-hydrogen) atoms. The van der Waals surface area contributed by atoms with Crippen LogP contribution >= 0.6 is 0 Å². The molecule has 0 bridgehead atoms. The maximum absolute atomic E-state index is 14.5. The van der Waals surface area contributed by atoms with Gasteiger partial charge in [-0.3, -0.25) is 4.79 Å². The van der Waals surface area contributed by atoms with Gasteiger partial charge in [-0.05, 0) is 12.1 Å². The van der Waals surface area contributed by atoms with Gasteiger partial charge >= 0.3 is 0 Å². The Hall–Kier alpha value is -3.36. The highest BCUT2D eigenvalue weighted by atomic mass is 19.3. The van der Waals surface area contributed by atoms with Crippen LogP contribution in [0.1, 0.15) is 42.6 Å². The number of pyridine rings is 1. The minimum Gasteiger partial charge on any atom is -0.448 e. The molecule has 1 N–H and O–H groups in total. The van der Waals surface area contributed by atoms with E-state index in [0.717, 1.165) is 0 Å². The van der Waals surface area contributed by atoms with E-state index >= 15 is 0 Å². The van der Waals surface area contributed by atoms with Crippen molar-refractivity contribution in [3.05, 3.63) is 60.2 Å². The van der Waals surface area contributed by atoms with E-state index in [-0.39, 0.29) is 41.6 Å². The first-order valence-corrected chi connectivity index (χ1v) is 9.88. The summed E-state index contributed by atoms with van der Waals surface area (Å²) in [5.41, 5.74) is 0.726. The predicted octanol–water partition coefficient (Wildman–Crippen LogP) is 5.10. The molecule has 162 valence electrons. The van der Waals surface area contributed by atoms with Gasteiger partial charge in [-0.2, -0.15) is 0 Å². The average Bonchev–Trinajstić information content (AvgIpc) is 3.35. The molecule has 0 aliphatic carbocycles. The van der Waals surface area contributed by atoms with E-state index in [0.29, 0.717) is 11.5 Å². The molecule has 1 saturated heterocycles. The highest BCUT2D eigenvalue weighted by molar-refractivity contribution is 6.07. The van der Waals surface area contributed by atoms with Crippen LogP contribution in [-0.4, -0.2) is 34.9 Å². The minimum atomic E-state index is -2.87. The number of oxazole rings is 1. The molecule has 3 heterocycles. The monoisotopic (exact) mass is 430 g/mol. The number of rotatable bonds is 5. The summed E-state index contributed by atoms with van der Waals surface area (Å²) in [6.07, 6.45) is 2.32. The molecule has 0 saturated carbocycles. The quantitative estimate of drug-likeness (QED) is 0.610. The molecule has 1 aliphatic heterocycles. The van der Waals surface area contributed by atoms with Gasteiger partial charge in [-0.1, -0.05) is 32.0 Å². The van der Waals surface area contributed by atoms with Crippen molar-refractivity contribution < 1.29 is 22.4 Å². The van der Waals surface area contributed by atoms with Gasteiger partial charge in [0, 0.05) is 36.2 Å². The first-order chi connectivity index (χ1) is 14.7. The lowest BCUT2D eigenvalue weighted by molar-refractivity contribution is 0.0257. The molecule has 0 atom stereocenters. The van der Waals surface area contributed by atoms with Gasteiger partial charge in [0.15, 0.2) is 17.4 Å². The maximum Gasteiger partial charge on any atom is 0.277 e. The van der Waals surface area contributed by atoms with Crippen LogP contribution in [0.5, 0.6) is 0 Å². The molecule has 3 aromatic rings. The van der Waals surface area contributed by atoms with Gasteiger partial charge in [0.1, 0.15) is 12.1 Å². The predicted molar refractivity (Wildman–Crippen MR) is 110 cm³/mol. The van der Waals surface area contributed by atoms with Crippen molar-refractivity contribution in [3.8, 4) is 11.1 Å². The number of amides is 1. The summed E-state index contributed by atoms with van der Waals surface area (Å²) in [6.45, 7) is 3.27. The number of benzene rings is 1. The second kappa shape index (κ2) is 8.05. The zero-order chi connectivity index (χ0) is 22.2. The third kappa shape index (κ3) is 4.26. The fourth-order valence-electron chi connectivity index (χ4n) is 3.47. The summed E-state index contributed by atoms with van der Waals surface area (Å²) in [5.74, 6) is -3.45. The van der Waals surface area contributed by atoms with Crippen molar-refractivity contribution in [1.29, 1.82) is 0 Å². The zero-order valence-electron chi connectivity index (χ0n) is 17.0. The van der Waals surface area contributed by atoms with Crippen LogP contribution in [0, 0.1) is 5.82 Å². The number of nitrogens with zero attached hydrogens (tertiary/aromatic N) is 3. The Morgan fingerprint density at radius 1 is 1.23 bits per heavy atom. The fraction of sp³-hybridized carbons (Fsp3) is 0.318. The van der Waals surface area contributed by atoms with Gasteiger partial charge in [-0.25, -0.2) is 23.1 Å². The zero-order valence-corrected chi connectivity index (χ0v) is 17.0. The van der Waals surface area contributed by atoms with Crippen molar-refractivity contribution >= 4 is 17.4 Å². The number of hydrogen-bond acceptors (Lipinski definition) is 5. The Kier molecular flexibility index (Phi) is 5.43. The van der Waals surface area contributed by atoms with E-state index in [1.54, 1.807) is 18.2 Å². The second-order valence-electron chi connectivity index (χ2n) is 7.74. The fourth-order valence-corrected chi connectivity index (χ4v) is 3.47. The van der Waals surface area contributed by atoms with Crippen LogP contribution in [-0.2, 0) is 0 Å². The number of alkyl halides is 2. The largest absolute Gasteiger partial charge is 0.448 e. The lowest BCUT2D eigenvalue weighted by Crippen LogP contribution is -2.27. The van der Waals surface area contributed by atoms with E-state index in [1.165, 1.54) is 29.5 Å². The van der Waals surface area contributed by atoms with E-state index in [1.807, 2.05) is 13.8 Å². The van der Waals surface area contributed by atoms with E-state index in [2.05, 4.69) is 15.3 Å². The van der Waals surface area contributed by atoms with Crippen LogP contribution in [0.25, 0.3) is 11.1 Å². The van der Waals surface area contributed by atoms with Gasteiger partial charge in [0.05, 0.1) is 12.2 Å². The lowest BCUT2D eigenvalue weighted by atomic mass is 10.0. The minimum absolute atomic E-state index is 0.0173. The normalized spacial score (nSPS) is 15.5. The van der Waals surface area contributed by atoms with E-state index in [9.17, 15) is 18.0 Å². The van der Waals surface area contributed by atoms with Gasteiger partial charge < -0.3 is 14.6 Å². The summed E-state index contributed by atoms with van der Waals surface area (Å²) in [5, 5.41) is 2.70. The van der Waals surface area contributed by atoms with Crippen LogP contribution in [0.2, 0.25) is 0 Å². The third-order valence-electron chi connectivity index (χ3n) is 5.05. The molecular formula is C22H21F3N4O2. The Balaban J connectivity index is 1.77. The highest BCUT2D eigenvalue weighted by Crippen LogP contribution is 2.39. The Morgan fingerprint density at radius 2 is 2.00 bits per heavy atom. The van der Waals surface area contributed by atoms with Crippen LogP contribution < -0.4 is 10.2 Å². The van der Waals surface area contributed by atoms with Gasteiger partial charge in [0.25, 0.3) is 11.8 Å². The first kappa shape index (κ1) is 20.9. The maximum atomic E-state index is 14.5. The second-order valence-corrected chi connectivity index (χ2v) is 7.74. The summed E-state index contributed by atoms with van der Waals surface area (Å²) >= 11 is 0. The standard InChI is InChI=1S/C22H21F3N4O2/c1-13(2)21-27-17(11-31-21)20(30)28-18-15(14-5-3-4-6-16(14)23)7-9-26-19(18)29-10-8-22(24,25)12-29/h3-7,9,11,13H,8,10,12H2,1-2H3,(H,28,30). The van der Waals surface area contributed by atoms with Crippen LogP contribution in [0.4, 0.5) is 24.7 Å². The molecule has 4 rings (SSSR count). The van der Waals surface area contributed by atoms with Crippen molar-refractivity contribution in [2.24, 2.45) is 0 Å². The Morgan fingerprint density at radius 3 is 2.65 bits per heavy atom. The number of aromatic nitrogens is 2. The molecule has 0 unspecified atom stereocenters. The summed E-state index contributed by atoms with van der Waals surface area (Å²) in [7, 11) is 0. The third-order valence-corrected chi connectivity index (χ3v) is 5.05. The molecule has 6 nitrogen and oxygen atoms in total. The number of carbonyl (C=O) groups is 1. The SMILES string of the molecule is CC(C)c1nc(C(=O)Nc2c(-c3ccccc3F)ccnc2N2CCC(F)(F)C2)co1. The lowest BCUT2D eigenvalue weighted by Gasteiger charge is -2.22. The summed E-state index contributed by atoms with van der Waals surface area (Å²) in [6, 6.07) is 7.57. The van der Waals surface area contributed by atoms with E-state index in [4.69, 9.17) is 4.42 Å². The summed E-state index contributed by atoms with van der Waals surface area (Å²) < 4.78 is 47.6. The molecule has 1 fully saturated rings. The van der Waals surface area contributed by atoms with Gasteiger partial charge in [-0.15, -0.1) is 0 Å². The number of carbonyl (C=O) groups excluding carboxylic acids is 1. The molecule has 9 heteroatoms. The Bertz CT molecular complexity index is 1110. The average molecular weight is 430 g/mol. The van der Waals surface area contributed by atoms with Crippen LogP contribution in [0.15, 0.2) is 47.2 Å². The number of anilines is 2. The summed E-state index contributed by atoms with van der Waals surface area (Å²) in [4.78, 5) is 22.7. The number of hydrogen-bond donors (Lipinski definition) is 1. The van der Waals surface area contributed by atoms with Crippen molar-refractivity contribution in [3.63, 3.8) is 0 Å². The first-order valence-electron chi connectivity index (χ1n) is 9.88. The molecule has 1 amide bonds. The topological polar surface area (TPSA) is 71.3 Å². The molecule has 1 aromatic carbocycles. The molecule has 1 aliphatic rings. The van der Waals surface area contributed by atoms with E-state index < -0.39 is 24.2 Å². The molecule has 0 spiro atoms. The van der Waals surface area contributed by atoms with Crippen LogP contribution in [0.3, 0.4) is 0 Å². The number of halogens is 3. The van der Waals surface area contributed by atoms with Crippen molar-refractivity contribution in [2.75, 3.05) is 23.3 Å². The smallest absolute Gasteiger partial charge is 0.277 e. The highest BCUT2D eigenvalue weighted by Gasteiger charge is 2.40. The molecular weight excluding hydrogens is 409 g/mol. The molecule has 0 radical (unpaired) electrons.